The Balaban J connectivity index is 3.04. The molecule has 0 saturated carbocycles. The molecule has 1 rings (SSSR count). The zero-order chi connectivity index (χ0) is 16.1. The van der Waals surface area contributed by atoms with Crippen LogP contribution in [0.4, 0.5) is 0 Å². The molecule has 0 heterocycles. The molecule has 118 valence electrons. The average Bonchev–Trinajstić information content (AvgIpc) is 2.38. The minimum Gasteiger partial charge on any atom is -0.478 e. The third kappa shape index (κ3) is 4.93. The number of rotatable bonds is 8. The van der Waals surface area contributed by atoms with Gasteiger partial charge in [-0.3, -0.25) is 4.57 Å². The van der Waals surface area contributed by atoms with Crippen molar-refractivity contribution in [3.05, 3.63) is 29.8 Å². The second-order valence-corrected chi connectivity index (χ2v) is 8.49. The van der Waals surface area contributed by atoms with Crippen LogP contribution < -0.4 is 0 Å². The van der Waals surface area contributed by atoms with Crippen LogP contribution in [-0.2, 0) is 23.4 Å². The lowest BCUT2D eigenvalue weighted by Crippen LogP contribution is -2.11. The van der Waals surface area contributed by atoms with Crippen LogP contribution in [0.25, 0.3) is 0 Å². The highest BCUT2D eigenvalue weighted by Crippen LogP contribution is 2.50. The number of carboxylic acids is 1. The summed E-state index contributed by atoms with van der Waals surface area (Å²) in [6.45, 7) is 3.29. The van der Waals surface area contributed by atoms with Gasteiger partial charge < -0.3 is 14.2 Å². The zero-order valence-electron chi connectivity index (χ0n) is 11.7. The second-order valence-electron chi connectivity index (χ2n) is 4.02. The van der Waals surface area contributed by atoms with E-state index in [-0.39, 0.29) is 23.7 Å². The summed E-state index contributed by atoms with van der Waals surface area (Å²) in [6, 6.07) is 4.64. The minimum absolute atomic E-state index is 0.0354. The summed E-state index contributed by atoms with van der Waals surface area (Å²) in [5, 5.41) is 8.77. The van der Waals surface area contributed by atoms with Gasteiger partial charge in [0.25, 0.3) is 0 Å². The van der Waals surface area contributed by atoms with Crippen LogP contribution in [0.2, 0.25) is 0 Å². The fraction of sp³-hybridized carbons (Fsp3) is 0.417. The molecule has 0 saturated heterocycles. The Kier molecular flexibility index (Phi) is 6.10. The molecule has 0 aromatic heterocycles. The van der Waals surface area contributed by atoms with Crippen molar-refractivity contribution in [2.75, 3.05) is 18.7 Å². The van der Waals surface area contributed by atoms with Gasteiger partial charge in [0, 0.05) is 0 Å². The number of aromatic carboxylic acids is 1. The molecule has 0 aliphatic heterocycles. The van der Waals surface area contributed by atoms with E-state index in [1.54, 1.807) is 13.8 Å². The smallest absolute Gasteiger partial charge is 0.346 e. The molecule has 1 aromatic carbocycles. The monoisotopic (exact) mass is 336 g/mol. The SMILES string of the molecule is CCOP(=O)(CS(=O)(=O)c1ccc(C(=O)O)cc1)OCC. The van der Waals surface area contributed by atoms with Crippen molar-refractivity contribution in [2.45, 2.75) is 18.7 Å². The molecule has 7 nitrogen and oxygen atoms in total. The Labute approximate surface area is 123 Å². The Morgan fingerprint density at radius 2 is 1.62 bits per heavy atom. The highest BCUT2D eigenvalue weighted by Gasteiger charge is 2.32. The molecule has 1 aromatic rings. The van der Waals surface area contributed by atoms with E-state index in [2.05, 4.69) is 0 Å². The molecule has 0 spiro atoms. The lowest BCUT2D eigenvalue weighted by atomic mass is 10.2. The molecule has 0 unspecified atom stereocenters. The minimum atomic E-state index is -3.91. The standard InChI is InChI=1S/C12H17O7PS/c1-3-18-20(15,19-4-2)9-21(16,17)11-7-5-10(6-8-11)12(13)14/h5-8H,3-4,9H2,1-2H3,(H,13,14). The van der Waals surface area contributed by atoms with E-state index in [1.165, 1.54) is 12.1 Å². The first-order valence-corrected chi connectivity index (χ1v) is 9.56. The first-order chi connectivity index (χ1) is 9.74. The molecular formula is C12H17O7PS. The Morgan fingerprint density at radius 3 is 2.00 bits per heavy atom. The summed E-state index contributed by atoms with van der Waals surface area (Å²) in [5.41, 5.74) is -0.819. The summed E-state index contributed by atoms with van der Waals surface area (Å²) < 4.78 is 46.6. The lowest BCUT2D eigenvalue weighted by molar-refractivity contribution is 0.0696. The molecule has 0 aliphatic carbocycles. The van der Waals surface area contributed by atoms with Crippen LogP contribution in [0.5, 0.6) is 0 Å². The summed E-state index contributed by atoms with van der Waals surface area (Å²) in [7, 11) is -7.65. The van der Waals surface area contributed by atoms with Gasteiger partial charge in [0.05, 0.1) is 23.7 Å². The van der Waals surface area contributed by atoms with Crippen LogP contribution >= 0.6 is 7.60 Å². The van der Waals surface area contributed by atoms with Crippen LogP contribution in [0.3, 0.4) is 0 Å². The van der Waals surface area contributed by atoms with Gasteiger partial charge in [-0.1, -0.05) is 0 Å². The van der Waals surface area contributed by atoms with E-state index in [9.17, 15) is 17.8 Å². The predicted molar refractivity (Wildman–Crippen MR) is 76.3 cm³/mol. The van der Waals surface area contributed by atoms with Crippen molar-refractivity contribution in [3.8, 4) is 0 Å². The largest absolute Gasteiger partial charge is 0.478 e. The van der Waals surface area contributed by atoms with Crippen LogP contribution in [0.15, 0.2) is 29.2 Å². The maximum atomic E-state index is 12.3. The third-order valence-electron chi connectivity index (χ3n) is 2.44. The van der Waals surface area contributed by atoms with Gasteiger partial charge in [0.1, 0.15) is 0 Å². The topological polar surface area (TPSA) is 107 Å². The van der Waals surface area contributed by atoms with Crippen molar-refractivity contribution < 1.29 is 31.9 Å². The van der Waals surface area contributed by atoms with E-state index < -0.39 is 28.9 Å². The number of benzene rings is 1. The van der Waals surface area contributed by atoms with E-state index in [0.29, 0.717) is 0 Å². The Hall–Kier alpha value is -1.21. The summed E-state index contributed by atoms with van der Waals surface area (Å²) >= 11 is 0. The normalized spacial score (nSPS) is 12.3. The number of carbonyl (C=O) groups is 1. The molecule has 0 bridgehead atoms. The molecule has 0 fully saturated rings. The highest BCUT2D eigenvalue weighted by atomic mass is 32.2. The van der Waals surface area contributed by atoms with Gasteiger partial charge >= 0.3 is 13.6 Å². The van der Waals surface area contributed by atoms with Crippen molar-refractivity contribution in [3.63, 3.8) is 0 Å². The maximum Gasteiger partial charge on any atom is 0.346 e. The van der Waals surface area contributed by atoms with Crippen molar-refractivity contribution in [2.24, 2.45) is 0 Å². The van der Waals surface area contributed by atoms with Gasteiger partial charge in [-0.2, -0.15) is 0 Å². The summed E-state index contributed by atoms with van der Waals surface area (Å²) in [6.07, 6.45) is 0. The van der Waals surface area contributed by atoms with Crippen LogP contribution in [-0.4, -0.2) is 38.2 Å². The second kappa shape index (κ2) is 7.17. The zero-order valence-corrected chi connectivity index (χ0v) is 13.4. The highest BCUT2D eigenvalue weighted by molar-refractivity contribution is 7.97. The Morgan fingerprint density at radius 1 is 1.14 bits per heavy atom. The number of hydrogen-bond donors (Lipinski definition) is 1. The Bertz CT molecular complexity index is 626. The summed E-state index contributed by atoms with van der Waals surface area (Å²) in [4.78, 5) is 10.6. The molecule has 9 heteroatoms. The molecule has 0 atom stereocenters. The van der Waals surface area contributed by atoms with Gasteiger partial charge in [0.15, 0.2) is 15.3 Å². The van der Waals surface area contributed by atoms with Crippen LogP contribution in [0, 0.1) is 0 Å². The first-order valence-electron chi connectivity index (χ1n) is 6.18. The molecule has 1 N–H and O–H groups in total. The van der Waals surface area contributed by atoms with Gasteiger partial charge in [0.2, 0.25) is 0 Å². The third-order valence-corrected chi connectivity index (χ3v) is 7.36. The number of sulfone groups is 1. The van der Waals surface area contributed by atoms with Crippen molar-refractivity contribution in [1.82, 2.24) is 0 Å². The number of hydrogen-bond acceptors (Lipinski definition) is 6. The lowest BCUT2D eigenvalue weighted by Gasteiger charge is -2.16. The summed E-state index contributed by atoms with van der Waals surface area (Å²) in [5.74, 6) is -1.16. The maximum absolute atomic E-state index is 12.3. The van der Waals surface area contributed by atoms with E-state index >= 15 is 0 Å². The van der Waals surface area contributed by atoms with Crippen molar-refractivity contribution >= 4 is 23.4 Å². The molecule has 0 radical (unpaired) electrons. The molecular weight excluding hydrogens is 319 g/mol. The van der Waals surface area contributed by atoms with Crippen molar-refractivity contribution in [1.29, 1.82) is 0 Å². The van der Waals surface area contributed by atoms with E-state index in [0.717, 1.165) is 12.1 Å². The fourth-order valence-corrected chi connectivity index (χ4v) is 5.86. The van der Waals surface area contributed by atoms with Gasteiger partial charge in [-0.25, -0.2) is 13.2 Å². The quantitative estimate of drug-likeness (QED) is 0.726. The number of carboxylic acid groups (broad SMARTS) is 1. The first kappa shape index (κ1) is 17.8. The average molecular weight is 336 g/mol. The predicted octanol–water partition coefficient (Wildman–Crippen LogP) is 2.38. The molecule has 0 aliphatic rings. The van der Waals surface area contributed by atoms with Gasteiger partial charge in [-0.15, -0.1) is 0 Å². The molecule has 21 heavy (non-hydrogen) atoms. The fourth-order valence-electron chi connectivity index (χ4n) is 1.59. The van der Waals surface area contributed by atoms with Gasteiger partial charge in [-0.05, 0) is 38.1 Å². The van der Waals surface area contributed by atoms with E-state index in [1.807, 2.05) is 0 Å². The van der Waals surface area contributed by atoms with Crippen LogP contribution in [0.1, 0.15) is 24.2 Å². The van der Waals surface area contributed by atoms with E-state index in [4.69, 9.17) is 14.2 Å². The molecule has 0 amide bonds.